The van der Waals surface area contributed by atoms with Crippen LogP contribution in [-0.2, 0) is 19.1 Å². The van der Waals surface area contributed by atoms with Gasteiger partial charge in [0.25, 0.3) is 0 Å². The summed E-state index contributed by atoms with van der Waals surface area (Å²) < 4.78 is 10.7. The van der Waals surface area contributed by atoms with Crippen molar-refractivity contribution in [1.82, 2.24) is 5.32 Å². The van der Waals surface area contributed by atoms with E-state index in [9.17, 15) is 19.6 Å². The van der Waals surface area contributed by atoms with Crippen molar-refractivity contribution in [3.05, 3.63) is 69.2 Å². The molecule has 2 atom stereocenters. The molecule has 1 heterocycles. The van der Waals surface area contributed by atoms with Gasteiger partial charge in [0.15, 0.2) is 0 Å². The molecule has 1 aliphatic heterocycles. The van der Waals surface area contributed by atoms with Crippen LogP contribution in [-0.4, -0.2) is 37.8 Å². The molecule has 10 heteroatoms. The number of esters is 1. The highest BCUT2D eigenvalue weighted by atomic mass is 79.9. The second-order valence-corrected chi connectivity index (χ2v) is 8.85. The van der Waals surface area contributed by atoms with E-state index in [4.69, 9.17) is 9.47 Å². The molecule has 0 spiro atoms. The van der Waals surface area contributed by atoms with Gasteiger partial charge < -0.3 is 20.1 Å². The summed E-state index contributed by atoms with van der Waals surface area (Å²) in [6, 6.07) is 16.0. The number of amides is 2. The first-order valence-electron chi connectivity index (χ1n) is 9.73. The number of nitrogens with zero attached hydrogens (tertiary/aromatic N) is 1. The molecule has 2 aromatic carbocycles. The first kappa shape index (κ1) is 24.4. The fourth-order valence-electron chi connectivity index (χ4n) is 3.42. The first-order chi connectivity index (χ1) is 15.9. The first-order valence-corrected chi connectivity index (χ1v) is 11.5. The van der Waals surface area contributed by atoms with Gasteiger partial charge in [0.2, 0.25) is 11.8 Å². The third-order valence-corrected chi connectivity index (χ3v) is 6.40. The molecule has 0 saturated heterocycles. The summed E-state index contributed by atoms with van der Waals surface area (Å²) in [6.45, 7) is 0. The van der Waals surface area contributed by atoms with Crippen molar-refractivity contribution in [2.45, 2.75) is 5.92 Å². The number of rotatable bonds is 7. The molecule has 0 unspecified atom stereocenters. The van der Waals surface area contributed by atoms with Crippen LogP contribution in [0.25, 0.3) is 0 Å². The minimum atomic E-state index is -1.23. The highest BCUT2D eigenvalue weighted by Gasteiger charge is 2.44. The predicted octanol–water partition coefficient (Wildman–Crippen LogP) is 3.57. The molecule has 0 bridgehead atoms. The molecule has 170 valence electrons. The number of hydrogen-bond donors (Lipinski definition) is 2. The van der Waals surface area contributed by atoms with Gasteiger partial charge >= 0.3 is 5.97 Å². The molecule has 0 saturated carbocycles. The second-order valence-electron chi connectivity index (χ2n) is 6.95. The Hall–Kier alpha value is -3.29. The Balaban J connectivity index is 1.87. The molecule has 0 radical (unpaired) electrons. The van der Waals surface area contributed by atoms with E-state index in [0.29, 0.717) is 17.0 Å². The quantitative estimate of drug-likeness (QED) is 0.415. The Morgan fingerprint density at radius 3 is 2.64 bits per heavy atom. The Morgan fingerprint density at radius 2 is 1.97 bits per heavy atom. The highest BCUT2D eigenvalue weighted by Crippen LogP contribution is 2.40. The van der Waals surface area contributed by atoms with Crippen molar-refractivity contribution in [3.8, 4) is 11.8 Å². The van der Waals surface area contributed by atoms with Gasteiger partial charge in [-0.2, -0.15) is 5.26 Å². The number of carbonyl (C=O) groups is 3. The molecular formula is C23H20BrN3O5S. The summed E-state index contributed by atoms with van der Waals surface area (Å²) in [6.07, 6.45) is 0. The lowest BCUT2D eigenvalue weighted by Crippen LogP contribution is -2.44. The Bertz CT molecular complexity index is 1160. The number of benzene rings is 2. The van der Waals surface area contributed by atoms with Crippen LogP contribution in [0.3, 0.4) is 0 Å². The Labute approximate surface area is 203 Å². The van der Waals surface area contributed by atoms with E-state index in [1.54, 1.807) is 48.5 Å². The van der Waals surface area contributed by atoms with Gasteiger partial charge in [-0.25, -0.2) is 0 Å². The molecule has 0 fully saturated rings. The average Bonchev–Trinajstić information content (AvgIpc) is 2.81. The third-order valence-electron chi connectivity index (χ3n) is 4.89. The van der Waals surface area contributed by atoms with Crippen molar-refractivity contribution in [2.75, 3.05) is 25.3 Å². The lowest BCUT2D eigenvalue weighted by Gasteiger charge is -2.31. The second kappa shape index (κ2) is 11.0. The third kappa shape index (κ3) is 5.74. The van der Waals surface area contributed by atoms with Crippen LogP contribution >= 0.6 is 27.7 Å². The van der Waals surface area contributed by atoms with Crippen molar-refractivity contribution in [3.63, 3.8) is 0 Å². The fourth-order valence-corrected chi connectivity index (χ4v) is 4.68. The normalized spacial score (nSPS) is 17.6. The van der Waals surface area contributed by atoms with Crippen molar-refractivity contribution in [1.29, 1.82) is 5.26 Å². The summed E-state index contributed by atoms with van der Waals surface area (Å²) in [5, 5.41) is 15.5. The maximum Gasteiger partial charge on any atom is 0.319 e. The number of ether oxygens (including phenoxy) is 2. The Morgan fingerprint density at radius 1 is 1.21 bits per heavy atom. The molecular weight excluding hydrogens is 510 g/mol. The molecule has 2 N–H and O–H groups in total. The summed E-state index contributed by atoms with van der Waals surface area (Å²) in [4.78, 5) is 37.7. The molecule has 3 rings (SSSR count). The van der Waals surface area contributed by atoms with Gasteiger partial charge in [0.1, 0.15) is 11.7 Å². The van der Waals surface area contributed by atoms with E-state index in [-0.39, 0.29) is 22.3 Å². The lowest BCUT2D eigenvalue weighted by atomic mass is 9.78. The van der Waals surface area contributed by atoms with Crippen LogP contribution in [0, 0.1) is 17.2 Å². The van der Waals surface area contributed by atoms with E-state index in [1.807, 2.05) is 0 Å². The molecule has 0 aliphatic carbocycles. The Kier molecular flexibility index (Phi) is 8.14. The molecule has 2 amide bonds. The summed E-state index contributed by atoms with van der Waals surface area (Å²) in [7, 11) is 2.72. The minimum absolute atomic E-state index is 0.0634. The SMILES string of the molecule is COC(=O)[C@H]1C(=O)NC(SCC(=O)Nc2cccc(OC)c2)=C(C#N)[C@@H]1c1cccc(Br)c1. The highest BCUT2D eigenvalue weighted by molar-refractivity contribution is 9.10. The van der Waals surface area contributed by atoms with Crippen LogP contribution < -0.4 is 15.4 Å². The number of anilines is 1. The van der Waals surface area contributed by atoms with Crippen LogP contribution in [0.1, 0.15) is 11.5 Å². The van der Waals surface area contributed by atoms with E-state index < -0.39 is 23.7 Å². The largest absolute Gasteiger partial charge is 0.497 e. The number of allylic oxidation sites excluding steroid dienone is 1. The molecule has 0 aromatic heterocycles. The number of halogens is 1. The van der Waals surface area contributed by atoms with Gasteiger partial charge in [-0.05, 0) is 29.8 Å². The zero-order chi connectivity index (χ0) is 24.0. The maximum absolute atomic E-state index is 12.8. The summed E-state index contributed by atoms with van der Waals surface area (Å²) in [5.74, 6) is -3.22. The molecule has 1 aliphatic rings. The van der Waals surface area contributed by atoms with Gasteiger partial charge in [-0.15, -0.1) is 0 Å². The van der Waals surface area contributed by atoms with Crippen LogP contribution in [0.4, 0.5) is 5.69 Å². The number of thioether (sulfide) groups is 1. The number of nitriles is 1. The molecule has 2 aromatic rings. The van der Waals surface area contributed by atoms with Gasteiger partial charge in [-0.1, -0.05) is 45.9 Å². The number of nitrogens with one attached hydrogen (secondary N) is 2. The van der Waals surface area contributed by atoms with Crippen LogP contribution in [0.5, 0.6) is 5.75 Å². The van der Waals surface area contributed by atoms with E-state index in [1.165, 1.54) is 14.2 Å². The average molecular weight is 530 g/mol. The summed E-state index contributed by atoms with van der Waals surface area (Å²) >= 11 is 4.40. The zero-order valence-corrected chi connectivity index (χ0v) is 20.2. The van der Waals surface area contributed by atoms with Crippen LogP contribution in [0.15, 0.2) is 63.6 Å². The van der Waals surface area contributed by atoms with Crippen molar-refractivity contribution in [2.24, 2.45) is 5.92 Å². The minimum Gasteiger partial charge on any atom is -0.497 e. The van der Waals surface area contributed by atoms with E-state index in [0.717, 1.165) is 16.2 Å². The smallest absolute Gasteiger partial charge is 0.319 e. The zero-order valence-electron chi connectivity index (χ0n) is 17.8. The topological polar surface area (TPSA) is 118 Å². The fraction of sp³-hybridized carbons (Fsp3) is 0.217. The van der Waals surface area contributed by atoms with Gasteiger partial charge in [0.05, 0.1) is 36.6 Å². The monoisotopic (exact) mass is 529 g/mol. The predicted molar refractivity (Wildman–Crippen MR) is 127 cm³/mol. The van der Waals surface area contributed by atoms with E-state index >= 15 is 0 Å². The lowest BCUT2D eigenvalue weighted by molar-refractivity contribution is -0.150. The van der Waals surface area contributed by atoms with Crippen molar-refractivity contribution < 1.29 is 23.9 Å². The number of methoxy groups -OCH3 is 2. The molecule has 33 heavy (non-hydrogen) atoms. The van der Waals surface area contributed by atoms with Gasteiger partial charge in [0, 0.05) is 22.1 Å². The van der Waals surface area contributed by atoms with Gasteiger partial charge in [-0.3, -0.25) is 14.4 Å². The maximum atomic E-state index is 12.8. The van der Waals surface area contributed by atoms with E-state index in [2.05, 4.69) is 32.6 Å². The van der Waals surface area contributed by atoms with Crippen LogP contribution in [0.2, 0.25) is 0 Å². The van der Waals surface area contributed by atoms with Crippen molar-refractivity contribution >= 4 is 51.2 Å². The number of carbonyl (C=O) groups excluding carboxylic acids is 3. The summed E-state index contributed by atoms with van der Waals surface area (Å²) in [5.41, 5.74) is 1.34. The standard InChI is InChI=1S/C23H20BrN3O5S/c1-31-16-8-4-7-15(10-16)26-18(28)12-33-22-17(11-25)19(13-5-3-6-14(24)9-13)20(21(29)27-22)23(30)32-2/h3-10,19-20H,12H2,1-2H3,(H,26,28)(H,27,29)/t19-,20+/m0/s1. The molecule has 8 nitrogen and oxygen atoms in total. The number of hydrogen-bond acceptors (Lipinski definition) is 7.